The Balaban J connectivity index is 1.18. The lowest BCUT2D eigenvalue weighted by molar-refractivity contribution is 0.264. The predicted molar refractivity (Wildman–Crippen MR) is 130 cm³/mol. The average Bonchev–Trinajstić information content (AvgIpc) is 3.58. The topological polar surface area (TPSA) is 85.7 Å². The predicted octanol–water partition coefficient (Wildman–Crippen LogP) is 3.03. The molecule has 2 aromatic carbocycles. The van der Waals surface area contributed by atoms with Crippen molar-refractivity contribution in [2.24, 2.45) is 9.98 Å². The summed E-state index contributed by atoms with van der Waals surface area (Å²) in [5.74, 6) is 4.78. The third-order valence-corrected chi connectivity index (χ3v) is 5.53. The van der Waals surface area contributed by atoms with Gasteiger partial charge in [-0.25, -0.2) is 0 Å². The third-order valence-electron chi connectivity index (χ3n) is 5.53. The molecule has 33 heavy (non-hydrogen) atoms. The van der Waals surface area contributed by atoms with Crippen LogP contribution in [0.3, 0.4) is 0 Å². The molecule has 0 unspecified atom stereocenters. The fourth-order valence-electron chi connectivity index (χ4n) is 3.80. The lowest BCUT2D eigenvalue weighted by Crippen LogP contribution is -2.19. The molecular weight excluding hydrogens is 420 g/mol. The molecule has 0 spiro atoms. The van der Waals surface area contributed by atoms with Gasteiger partial charge in [-0.1, -0.05) is 0 Å². The summed E-state index contributed by atoms with van der Waals surface area (Å²) in [5, 5.41) is 6.55. The maximum Gasteiger partial charge on any atom is 0.161 e. The van der Waals surface area contributed by atoms with E-state index in [0.29, 0.717) is 13.2 Å². The van der Waals surface area contributed by atoms with Gasteiger partial charge in [0.2, 0.25) is 0 Å². The zero-order chi connectivity index (χ0) is 22.9. The summed E-state index contributed by atoms with van der Waals surface area (Å²) in [7, 11) is 3.32. The SMILES string of the molecule is COc1cc(C2=NCCN2)ccc1OCCCCCOc1ccc(C2=NCCN2)cc1OC. The van der Waals surface area contributed by atoms with E-state index in [1.165, 1.54) is 0 Å². The lowest BCUT2D eigenvalue weighted by Gasteiger charge is -2.13. The van der Waals surface area contributed by atoms with Gasteiger partial charge in [-0.05, 0) is 55.7 Å². The van der Waals surface area contributed by atoms with Crippen LogP contribution in [-0.2, 0) is 0 Å². The summed E-state index contributed by atoms with van der Waals surface area (Å²) in [6.45, 7) is 4.63. The van der Waals surface area contributed by atoms with E-state index in [9.17, 15) is 0 Å². The van der Waals surface area contributed by atoms with Crippen LogP contribution in [0.4, 0.5) is 0 Å². The van der Waals surface area contributed by atoms with Crippen molar-refractivity contribution in [3.8, 4) is 23.0 Å². The molecule has 0 amide bonds. The molecule has 2 aromatic rings. The van der Waals surface area contributed by atoms with Gasteiger partial charge in [0, 0.05) is 24.2 Å². The molecule has 176 valence electrons. The fourth-order valence-corrected chi connectivity index (χ4v) is 3.80. The maximum absolute atomic E-state index is 5.95. The second-order valence-electron chi connectivity index (χ2n) is 7.80. The van der Waals surface area contributed by atoms with E-state index in [4.69, 9.17) is 18.9 Å². The number of amidine groups is 2. The fraction of sp³-hybridized carbons (Fsp3) is 0.440. The minimum atomic E-state index is 0.627. The van der Waals surface area contributed by atoms with Crippen molar-refractivity contribution in [2.75, 3.05) is 53.6 Å². The van der Waals surface area contributed by atoms with E-state index in [2.05, 4.69) is 20.6 Å². The molecule has 0 radical (unpaired) electrons. The molecule has 2 aliphatic heterocycles. The van der Waals surface area contributed by atoms with Gasteiger partial charge in [-0.15, -0.1) is 0 Å². The normalized spacial score (nSPS) is 14.7. The molecule has 0 aliphatic carbocycles. The highest BCUT2D eigenvalue weighted by molar-refractivity contribution is 6.00. The van der Waals surface area contributed by atoms with E-state index in [-0.39, 0.29) is 0 Å². The Labute approximate surface area is 195 Å². The second-order valence-corrected chi connectivity index (χ2v) is 7.80. The molecule has 0 saturated carbocycles. The van der Waals surface area contributed by atoms with E-state index < -0.39 is 0 Å². The molecule has 0 fully saturated rings. The molecule has 2 N–H and O–H groups in total. The first-order chi connectivity index (χ1) is 16.3. The first-order valence-electron chi connectivity index (χ1n) is 11.5. The van der Waals surface area contributed by atoms with Crippen LogP contribution in [0.5, 0.6) is 23.0 Å². The first-order valence-corrected chi connectivity index (χ1v) is 11.5. The van der Waals surface area contributed by atoms with Gasteiger partial charge in [0.15, 0.2) is 23.0 Å². The van der Waals surface area contributed by atoms with E-state index in [0.717, 1.165) is 91.2 Å². The first kappa shape index (κ1) is 22.8. The Morgan fingerprint density at radius 2 is 1.15 bits per heavy atom. The van der Waals surface area contributed by atoms with Crippen LogP contribution in [-0.4, -0.2) is 65.3 Å². The average molecular weight is 453 g/mol. The molecule has 8 heteroatoms. The lowest BCUT2D eigenvalue weighted by atomic mass is 10.2. The van der Waals surface area contributed by atoms with Gasteiger partial charge < -0.3 is 29.6 Å². The van der Waals surface area contributed by atoms with Crippen molar-refractivity contribution in [2.45, 2.75) is 19.3 Å². The number of methoxy groups -OCH3 is 2. The molecule has 2 heterocycles. The standard InChI is InChI=1S/C25H32N4O4/c1-30-22-16-18(24-26-10-11-27-24)6-8-20(22)32-14-4-3-5-15-33-21-9-7-19(17-23(21)31-2)25-28-12-13-29-25/h6-9,16-17H,3-5,10-15H2,1-2H3,(H,26,27)(H,28,29). The molecule has 0 saturated heterocycles. The van der Waals surface area contributed by atoms with E-state index >= 15 is 0 Å². The maximum atomic E-state index is 5.95. The third kappa shape index (κ3) is 5.88. The van der Waals surface area contributed by atoms with Gasteiger partial charge in [0.1, 0.15) is 11.7 Å². The summed E-state index contributed by atoms with van der Waals surface area (Å²) in [5.41, 5.74) is 2.04. The highest BCUT2D eigenvalue weighted by Gasteiger charge is 2.13. The molecule has 8 nitrogen and oxygen atoms in total. The van der Waals surface area contributed by atoms with Crippen molar-refractivity contribution < 1.29 is 18.9 Å². The minimum Gasteiger partial charge on any atom is -0.493 e. The summed E-state index contributed by atoms with van der Waals surface area (Å²) in [4.78, 5) is 8.90. The van der Waals surface area contributed by atoms with E-state index in [1.54, 1.807) is 14.2 Å². The van der Waals surface area contributed by atoms with Crippen LogP contribution in [0.2, 0.25) is 0 Å². The largest absolute Gasteiger partial charge is 0.493 e. The molecule has 0 bridgehead atoms. The summed E-state index contributed by atoms with van der Waals surface area (Å²) in [6, 6.07) is 11.8. The van der Waals surface area contributed by atoms with E-state index in [1.807, 2.05) is 36.4 Å². The van der Waals surface area contributed by atoms with Gasteiger partial charge >= 0.3 is 0 Å². The number of rotatable bonds is 12. The molecule has 2 aliphatic rings. The van der Waals surface area contributed by atoms with Crippen LogP contribution in [0, 0.1) is 0 Å². The number of benzene rings is 2. The van der Waals surface area contributed by atoms with Crippen LogP contribution >= 0.6 is 0 Å². The van der Waals surface area contributed by atoms with Crippen molar-refractivity contribution >= 4 is 11.7 Å². The summed E-state index contributed by atoms with van der Waals surface area (Å²) in [6.07, 6.45) is 2.87. The smallest absolute Gasteiger partial charge is 0.161 e. The number of hydrogen-bond acceptors (Lipinski definition) is 8. The molecule has 4 rings (SSSR count). The van der Waals surface area contributed by atoms with Crippen molar-refractivity contribution in [1.82, 2.24) is 10.6 Å². The zero-order valence-electron chi connectivity index (χ0n) is 19.4. The van der Waals surface area contributed by atoms with Crippen LogP contribution < -0.4 is 29.6 Å². The summed E-state index contributed by atoms with van der Waals surface area (Å²) < 4.78 is 22.9. The number of aliphatic imine (C=N–C) groups is 2. The van der Waals surface area contributed by atoms with Gasteiger partial charge in [0.25, 0.3) is 0 Å². The van der Waals surface area contributed by atoms with Crippen LogP contribution in [0.1, 0.15) is 30.4 Å². The highest BCUT2D eigenvalue weighted by atomic mass is 16.5. The molecule has 0 atom stereocenters. The van der Waals surface area contributed by atoms with Crippen LogP contribution in [0.25, 0.3) is 0 Å². The Hall–Kier alpha value is -3.42. The molecular formula is C25H32N4O4. The Morgan fingerprint density at radius 1 is 0.667 bits per heavy atom. The van der Waals surface area contributed by atoms with Gasteiger partial charge in [-0.3, -0.25) is 9.98 Å². The molecule has 0 aromatic heterocycles. The summed E-state index contributed by atoms with van der Waals surface area (Å²) >= 11 is 0. The Bertz CT molecular complexity index is 926. The number of nitrogens with zero attached hydrogens (tertiary/aromatic N) is 2. The number of unbranched alkanes of at least 4 members (excludes halogenated alkanes) is 2. The van der Waals surface area contributed by atoms with Crippen molar-refractivity contribution in [3.63, 3.8) is 0 Å². The quantitative estimate of drug-likeness (QED) is 0.482. The number of hydrogen-bond donors (Lipinski definition) is 2. The number of nitrogens with one attached hydrogen (secondary N) is 2. The van der Waals surface area contributed by atoms with Gasteiger partial charge in [0.05, 0.1) is 40.5 Å². The van der Waals surface area contributed by atoms with Crippen molar-refractivity contribution in [1.29, 1.82) is 0 Å². The Morgan fingerprint density at radius 3 is 1.55 bits per heavy atom. The van der Waals surface area contributed by atoms with Gasteiger partial charge in [-0.2, -0.15) is 0 Å². The highest BCUT2D eigenvalue weighted by Crippen LogP contribution is 2.30. The monoisotopic (exact) mass is 452 g/mol. The minimum absolute atomic E-state index is 0.627. The van der Waals surface area contributed by atoms with Crippen molar-refractivity contribution in [3.05, 3.63) is 47.5 Å². The second kappa shape index (κ2) is 11.4. The Kier molecular flexibility index (Phi) is 7.90. The van der Waals surface area contributed by atoms with Crippen LogP contribution in [0.15, 0.2) is 46.4 Å². The number of ether oxygens (including phenoxy) is 4. The zero-order valence-corrected chi connectivity index (χ0v) is 19.4.